The smallest absolute Gasteiger partial charge is 0.257 e. The molecule has 0 fully saturated rings. The summed E-state index contributed by atoms with van der Waals surface area (Å²) in [5.74, 6) is 0.0830. The average Bonchev–Trinajstić information content (AvgIpc) is 3.09. The Hall–Kier alpha value is -2.97. The Balaban J connectivity index is 1.69. The number of hydrogen-bond acceptors (Lipinski definition) is 5. The summed E-state index contributed by atoms with van der Waals surface area (Å²) in [6.07, 6.45) is 0. The standard InChI is InChI=1S/C20H21N3O4S/c1-14-18(19(23-27-14)17-6-4-3-5-7-17)20(24)22-12-15-8-10-16(11-9-15)13-28(25,26)21-2/h3-11,21H,12-13H2,1-2H3,(H,22,24). The number of nitrogens with one attached hydrogen (secondary N) is 2. The average molecular weight is 399 g/mol. The topological polar surface area (TPSA) is 101 Å². The van der Waals surface area contributed by atoms with E-state index in [1.54, 1.807) is 31.2 Å². The normalized spacial score (nSPS) is 11.4. The van der Waals surface area contributed by atoms with Crippen molar-refractivity contribution in [3.05, 3.63) is 77.0 Å². The molecule has 0 atom stereocenters. The van der Waals surface area contributed by atoms with Crippen LogP contribution in [0, 0.1) is 6.92 Å². The van der Waals surface area contributed by atoms with E-state index in [0.29, 0.717) is 29.1 Å². The third-order valence-electron chi connectivity index (χ3n) is 4.28. The van der Waals surface area contributed by atoms with Crippen LogP contribution in [0.2, 0.25) is 0 Å². The van der Waals surface area contributed by atoms with Crippen LogP contribution >= 0.6 is 0 Å². The van der Waals surface area contributed by atoms with Crippen LogP contribution in [0.25, 0.3) is 11.3 Å². The van der Waals surface area contributed by atoms with Crippen molar-refractivity contribution < 1.29 is 17.7 Å². The number of aromatic nitrogens is 1. The maximum atomic E-state index is 12.7. The predicted octanol–water partition coefficient (Wildman–Crippen LogP) is 2.63. The van der Waals surface area contributed by atoms with Crippen LogP contribution in [-0.4, -0.2) is 26.5 Å². The van der Waals surface area contributed by atoms with E-state index in [-0.39, 0.29) is 11.7 Å². The summed E-state index contributed by atoms with van der Waals surface area (Å²) in [7, 11) is -1.93. The molecular weight excluding hydrogens is 378 g/mol. The number of rotatable bonds is 7. The van der Waals surface area contributed by atoms with Crippen LogP contribution in [0.4, 0.5) is 0 Å². The lowest BCUT2D eigenvalue weighted by molar-refractivity contribution is 0.0950. The van der Waals surface area contributed by atoms with E-state index in [1.165, 1.54) is 7.05 Å². The first-order valence-electron chi connectivity index (χ1n) is 8.68. The lowest BCUT2D eigenvalue weighted by Gasteiger charge is -2.07. The molecule has 0 spiro atoms. The molecule has 3 rings (SSSR count). The third kappa shape index (κ3) is 4.65. The van der Waals surface area contributed by atoms with Gasteiger partial charge in [0.15, 0.2) is 0 Å². The zero-order chi connectivity index (χ0) is 20.1. The van der Waals surface area contributed by atoms with Crippen molar-refractivity contribution in [1.82, 2.24) is 15.2 Å². The van der Waals surface area contributed by atoms with E-state index in [2.05, 4.69) is 15.2 Å². The molecule has 1 heterocycles. The number of benzene rings is 2. The summed E-state index contributed by atoms with van der Waals surface area (Å²) >= 11 is 0. The molecule has 0 bridgehead atoms. The maximum absolute atomic E-state index is 12.7. The molecule has 7 nitrogen and oxygen atoms in total. The number of sulfonamides is 1. The number of amides is 1. The third-order valence-corrected chi connectivity index (χ3v) is 5.62. The van der Waals surface area contributed by atoms with Crippen LogP contribution in [0.1, 0.15) is 27.2 Å². The van der Waals surface area contributed by atoms with E-state index >= 15 is 0 Å². The van der Waals surface area contributed by atoms with Crippen molar-refractivity contribution >= 4 is 15.9 Å². The van der Waals surface area contributed by atoms with Gasteiger partial charge in [0.25, 0.3) is 5.91 Å². The predicted molar refractivity (Wildman–Crippen MR) is 106 cm³/mol. The van der Waals surface area contributed by atoms with Gasteiger partial charge in [0.05, 0.1) is 5.75 Å². The number of hydrogen-bond donors (Lipinski definition) is 2. The summed E-state index contributed by atoms with van der Waals surface area (Å²) in [4.78, 5) is 12.7. The fraction of sp³-hybridized carbons (Fsp3) is 0.200. The fourth-order valence-electron chi connectivity index (χ4n) is 2.75. The van der Waals surface area contributed by atoms with Crippen molar-refractivity contribution in [3.8, 4) is 11.3 Å². The molecule has 0 saturated carbocycles. The van der Waals surface area contributed by atoms with Crippen molar-refractivity contribution in [3.63, 3.8) is 0 Å². The zero-order valence-corrected chi connectivity index (χ0v) is 16.4. The number of carbonyl (C=O) groups is 1. The Kier molecular flexibility index (Phi) is 5.91. The monoisotopic (exact) mass is 399 g/mol. The second kappa shape index (κ2) is 8.37. The van der Waals surface area contributed by atoms with E-state index in [9.17, 15) is 13.2 Å². The highest BCUT2D eigenvalue weighted by atomic mass is 32.2. The molecular formula is C20H21N3O4S. The van der Waals surface area contributed by atoms with Gasteiger partial charge < -0.3 is 9.84 Å². The summed E-state index contributed by atoms with van der Waals surface area (Å²) in [5, 5.41) is 6.88. The molecule has 0 saturated heterocycles. The van der Waals surface area contributed by atoms with Gasteiger partial charge in [0.1, 0.15) is 17.0 Å². The number of nitrogens with zero attached hydrogens (tertiary/aromatic N) is 1. The molecule has 2 N–H and O–H groups in total. The van der Waals surface area contributed by atoms with Crippen molar-refractivity contribution in [2.45, 2.75) is 19.2 Å². The minimum absolute atomic E-state index is 0.0868. The highest BCUT2D eigenvalue weighted by molar-refractivity contribution is 7.88. The Morgan fingerprint density at radius 3 is 2.32 bits per heavy atom. The minimum atomic E-state index is -3.31. The highest BCUT2D eigenvalue weighted by Crippen LogP contribution is 2.25. The van der Waals surface area contributed by atoms with Gasteiger partial charge in [0, 0.05) is 12.1 Å². The quantitative estimate of drug-likeness (QED) is 0.636. The van der Waals surface area contributed by atoms with Crippen LogP contribution in [0.3, 0.4) is 0 Å². The molecule has 0 aliphatic heterocycles. The summed E-state index contributed by atoms with van der Waals surface area (Å²) in [6, 6.07) is 16.4. The Labute approximate surface area is 163 Å². The molecule has 0 aliphatic carbocycles. The molecule has 0 aliphatic rings. The van der Waals surface area contributed by atoms with Crippen LogP contribution in [0.5, 0.6) is 0 Å². The first-order valence-corrected chi connectivity index (χ1v) is 10.3. The van der Waals surface area contributed by atoms with Gasteiger partial charge in [-0.05, 0) is 25.1 Å². The SMILES string of the molecule is CNS(=O)(=O)Cc1ccc(CNC(=O)c2c(-c3ccccc3)noc2C)cc1. The van der Waals surface area contributed by atoms with Gasteiger partial charge in [-0.1, -0.05) is 59.8 Å². The van der Waals surface area contributed by atoms with Crippen LogP contribution < -0.4 is 10.0 Å². The van der Waals surface area contributed by atoms with Gasteiger partial charge >= 0.3 is 0 Å². The van der Waals surface area contributed by atoms with E-state index in [0.717, 1.165) is 11.1 Å². The number of aryl methyl sites for hydroxylation is 1. The second-order valence-corrected chi connectivity index (χ2v) is 8.22. The summed E-state index contributed by atoms with van der Waals surface area (Å²) in [6.45, 7) is 2.00. The van der Waals surface area contributed by atoms with Crippen molar-refractivity contribution in [2.24, 2.45) is 0 Å². The molecule has 0 radical (unpaired) electrons. The molecule has 28 heavy (non-hydrogen) atoms. The molecule has 1 amide bonds. The molecule has 2 aromatic carbocycles. The van der Waals surface area contributed by atoms with Crippen molar-refractivity contribution in [1.29, 1.82) is 0 Å². The molecule has 0 unspecified atom stereocenters. The van der Waals surface area contributed by atoms with E-state index in [4.69, 9.17) is 4.52 Å². The Morgan fingerprint density at radius 1 is 1.04 bits per heavy atom. The van der Waals surface area contributed by atoms with Gasteiger partial charge in [-0.15, -0.1) is 0 Å². The largest absolute Gasteiger partial charge is 0.360 e. The van der Waals surface area contributed by atoms with Gasteiger partial charge in [-0.3, -0.25) is 4.79 Å². The van der Waals surface area contributed by atoms with Gasteiger partial charge in [-0.25, -0.2) is 13.1 Å². The zero-order valence-electron chi connectivity index (χ0n) is 15.6. The van der Waals surface area contributed by atoms with Crippen LogP contribution in [-0.2, 0) is 22.3 Å². The van der Waals surface area contributed by atoms with Gasteiger partial charge in [-0.2, -0.15) is 0 Å². The minimum Gasteiger partial charge on any atom is -0.360 e. The lowest BCUT2D eigenvalue weighted by atomic mass is 10.1. The highest BCUT2D eigenvalue weighted by Gasteiger charge is 2.21. The van der Waals surface area contributed by atoms with Crippen LogP contribution in [0.15, 0.2) is 59.1 Å². The molecule has 1 aromatic heterocycles. The summed E-state index contributed by atoms with van der Waals surface area (Å²) < 4.78 is 30.7. The molecule has 8 heteroatoms. The molecule has 3 aromatic rings. The van der Waals surface area contributed by atoms with E-state index < -0.39 is 10.0 Å². The maximum Gasteiger partial charge on any atom is 0.257 e. The lowest BCUT2D eigenvalue weighted by Crippen LogP contribution is -2.23. The first kappa shape index (κ1) is 19.8. The fourth-order valence-corrected chi connectivity index (χ4v) is 3.52. The Bertz CT molecular complexity index is 1060. The van der Waals surface area contributed by atoms with Gasteiger partial charge in [0.2, 0.25) is 10.0 Å². The molecule has 146 valence electrons. The Morgan fingerprint density at radius 2 is 1.68 bits per heavy atom. The summed E-state index contributed by atoms with van der Waals surface area (Å²) in [5.41, 5.74) is 3.24. The van der Waals surface area contributed by atoms with Crippen molar-refractivity contribution in [2.75, 3.05) is 7.05 Å². The van der Waals surface area contributed by atoms with E-state index in [1.807, 2.05) is 30.3 Å². The number of carbonyl (C=O) groups excluding carboxylic acids is 1. The first-order chi connectivity index (χ1) is 13.4. The second-order valence-electron chi connectivity index (χ2n) is 6.29.